The molecule has 2 N–H and O–H groups in total. The number of aliphatic carboxylic acids is 1. The highest BCUT2D eigenvalue weighted by Gasteiger charge is 2.54. The van der Waals surface area contributed by atoms with Crippen LogP contribution in [0.2, 0.25) is 0 Å². The fraction of sp³-hybridized carbons (Fsp3) is 0.438. The molecule has 158 valence electrons. The van der Waals surface area contributed by atoms with E-state index < -0.39 is 29.2 Å². The van der Waals surface area contributed by atoms with Gasteiger partial charge < -0.3 is 14.9 Å². The molecule has 2 aromatic heterocycles. The normalized spacial score (nSPS) is 20.7. The summed E-state index contributed by atoms with van der Waals surface area (Å²) in [5, 5.41) is 24.3. The van der Waals surface area contributed by atoms with Gasteiger partial charge in [-0.05, 0) is 19.4 Å². The second-order valence-corrected chi connectivity index (χ2v) is 10.0. The molecular formula is C16H16N6O5S3. The molecule has 1 fully saturated rings. The van der Waals surface area contributed by atoms with Crippen LogP contribution in [0.25, 0.3) is 0 Å². The highest BCUT2D eigenvalue weighted by atomic mass is 32.2. The van der Waals surface area contributed by atoms with Crippen LogP contribution in [-0.2, 0) is 20.8 Å². The number of amides is 2. The summed E-state index contributed by atoms with van der Waals surface area (Å²) in [4.78, 5) is 42.0. The summed E-state index contributed by atoms with van der Waals surface area (Å²) >= 11 is 4.24. The van der Waals surface area contributed by atoms with Gasteiger partial charge in [0.05, 0.1) is 0 Å². The predicted octanol–water partition coefficient (Wildman–Crippen LogP) is 0.611. The van der Waals surface area contributed by atoms with Crippen molar-refractivity contribution in [2.24, 2.45) is 0 Å². The molecule has 2 aromatic rings. The van der Waals surface area contributed by atoms with E-state index in [1.54, 1.807) is 6.92 Å². The van der Waals surface area contributed by atoms with Crippen molar-refractivity contribution in [3.8, 4) is 0 Å². The van der Waals surface area contributed by atoms with Gasteiger partial charge in [-0.15, -0.1) is 22.0 Å². The van der Waals surface area contributed by atoms with E-state index in [4.69, 9.17) is 4.52 Å². The fourth-order valence-corrected chi connectivity index (χ4v) is 6.35. The first kappa shape index (κ1) is 20.8. The van der Waals surface area contributed by atoms with Gasteiger partial charge in [0.2, 0.25) is 11.8 Å². The summed E-state index contributed by atoms with van der Waals surface area (Å²) in [5.41, 5.74) is 0.622. The molecule has 0 saturated carbocycles. The smallest absolute Gasteiger partial charge is 0.352 e. The molecule has 2 aliphatic rings. The Balaban J connectivity index is 1.43. The van der Waals surface area contributed by atoms with Crippen molar-refractivity contribution in [2.75, 3.05) is 11.5 Å². The van der Waals surface area contributed by atoms with E-state index in [-0.39, 0.29) is 18.0 Å². The molecule has 2 atom stereocenters. The largest absolute Gasteiger partial charge is 0.477 e. The third-order valence-electron chi connectivity index (χ3n) is 4.33. The zero-order chi connectivity index (χ0) is 21.4. The minimum Gasteiger partial charge on any atom is -0.477 e. The summed E-state index contributed by atoms with van der Waals surface area (Å²) < 4.78 is 5.65. The lowest BCUT2D eigenvalue weighted by atomic mass is 10.0. The van der Waals surface area contributed by atoms with Crippen LogP contribution >= 0.6 is 34.9 Å². The van der Waals surface area contributed by atoms with E-state index in [2.05, 4.69) is 25.7 Å². The first-order valence-corrected chi connectivity index (χ1v) is 11.6. The van der Waals surface area contributed by atoms with E-state index in [1.165, 1.54) is 39.8 Å². The Morgan fingerprint density at radius 2 is 2.17 bits per heavy atom. The van der Waals surface area contributed by atoms with Crippen LogP contribution in [0.1, 0.15) is 16.7 Å². The number of hydrogen-bond acceptors (Lipinski definition) is 11. The third-order valence-corrected chi connectivity index (χ3v) is 7.72. The average molecular weight is 469 g/mol. The molecule has 2 aliphatic heterocycles. The van der Waals surface area contributed by atoms with E-state index in [0.29, 0.717) is 22.9 Å². The summed E-state index contributed by atoms with van der Waals surface area (Å²) in [5.74, 6) is -0.647. The average Bonchev–Trinajstić information content (AvgIpc) is 3.31. The Kier molecular flexibility index (Phi) is 5.79. The van der Waals surface area contributed by atoms with Gasteiger partial charge >= 0.3 is 5.97 Å². The minimum absolute atomic E-state index is 0.0180. The number of carboxylic acid groups (broad SMARTS) is 1. The number of aryl methyl sites for hydroxylation is 2. The Labute approximate surface area is 182 Å². The SMILES string of the molecule is Cc1noc(CC(=O)NC2C(=O)N3C(C(=O)O)=C(CSc4nnc(C)s4)CS[C@@H]23)n1. The number of β-lactam (4-membered cyclic amide) rings is 1. The molecule has 0 aromatic carbocycles. The van der Waals surface area contributed by atoms with E-state index in [0.717, 1.165) is 9.35 Å². The number of fused-ring (bicyclic) bond motifs is 1. The van der Waals surface area contributed by atoms with Gasteiger partial charge in [0, 0.05) is 11.5 Å². The van der Waals surface area contributed by atoms with E-state index in [9.17, 15) is 19.5 Å². The molecule has 0 aliphatic carbocycles. The van der Waals surface area contributed by atoms with Gasteiger partial charge in [0.25, 0.3) is 5.91 Å². The topological polar surface area (TPSA) is 151 Å². The molecular weight excluding hydrogens is 452 g/mol. The second kappa shape index (κ2) is 8.35. The zero-order valence-corrected chi connectivity index (χ0v) is 18.3. The molecule has 14 heteroatoms. The van der Waals surface area contributed by atoms with Gasteiger partial charge in [-0.1, -0.05) is 28.3 Å². The number of nitrogens with one attached hydrogen (secondary N) is 1. The molecule has 0 radical (unpaired) electrons. The molecule has 0 spiro atoms. The van der Waals surface area contributed by atoms with Crippen LogP contribution < -0.4 is 5.32 Å². The third kappa shape index (κ3) is 4.06. The number of carbonyl (C=O) groups is 3. The van der Waals surface area contributed by atoms with Gasteiger partial charge in [-0.2, -0.15) is 4.98 Å². The molecule has 30 heavy (non-hydrogen) atoms. The number of nitrogens with zero attached hydrogens (tertiary/aromatic N) is 5. The summed E-state index contributed by atoms with van der Waals surface area (Å²) in [6.45, 7) is 3.48. The minimum atomic E-state index is -1.16. The van der Waals surface area contributed by atoms with Gasteiger partial charge in [-0.3, -0.25) is 14.5 Å². The highest BCUT2D eigenvalue weighted by molar-refractivity contribution is 8.01. The molecule has 0 bridgehead atoms. The molecule has 2 amide bonds. The number of thioether (sulfide) groups is 2. The first-order valence-electron chi connectivity index (χ1n) is 8.75. The monoisotopic (exact) mass is 468 g/mol. The number of rotatable bonds is 7. The lowest BCUT2D eigenvalue weighted by Gasteiger charge is -2.49. The summed E-state index contributed by atoms with van der Waals surface area (Å²) in [7, 11) is 0. The van der Waals surface area contributed by atoms with Crippen LogP contribution in [0.4, 0.5) is 0 Å². The number of aromatic nitrogens is 4. The highest BCUT2D eigenvalue weighted by Crippen LogP contribution is 2.41. The lowest BCUT2D eigenvalue weighted by Crippen LogP contribution is -2.70. The number of carboxylic acids is 1. The zero-order valence-electron chi connectivity index (χ0n) is 15.8. The standard InChI is InChI=1S/C16H16N6O5S3/c1-6-17-10(27-21-6)3-9(23)18-11-13(24)22-12(15(25)26)8(4-28-14(11)22)5-29-16-20-19-7(2)30-16/h11,14H,3-5H2,1-2H3,(H,18,23)(H,25,26)/t11?,14-/m0/s1. The quantitative estimate of drug-likeness (QED) is 0.434. The number of hydrogen-bond donors (Lipinski definition) is 2. The van der Waals surface area contributed by atoms with Crippen molar-refractivity contribution in [2.45, 2.75) is 36.0 Å². The van der Waals surface area contributed by atoms with Crippen LogP contribution in [0.3, 0.4) is 0 Å². The van der Waals surface area contributed by atoms with Crippen molar-refractivity contribution >= 4 is 52.6 Å². The van der Waals surface area contributed by atoms with Crippen LogP contribution in [0, 0.1) is 13.8 Å². The van der Waals surface area contributed by atoms with E-state index in [1.807, 2.05) is 6.92 Å². The van der Waals surface area contributed by atoms with E-state index >= 15 is 0 Å². The maximum Gasteiger partial charge on any atom is 0.352 e. The van der Waals surface area contributed by atoms with Crippen molar-refractivity contribution in [3.63, 3.8) is 0 Å². The van der Waals surface area contributed by atoms with Gasteiger partial charge in [0.1, 0.15) is 28.5 Å². The fourth-order valence-electron chi connectivity index (χ4n) is 3.05. The molecule has 1 unspecified atom stereocenters. The van der Waals surface area contributed by atoms with Gasteiger partial charge in [0.15, 0.2) is 10.2 Å². The van der Waals surface area contributed by atoms with Gasteiger partial charge in [-0.25, -0.2) is 4.79 Å². The van der Waals surface area contributed by atoms with Crippen molar-refractivity contribution in [1.29, 1.82) is 0 Å². The number of carbonyl (C=O) groups excluding carboxylic acids is 2. The molecule has 4 heterocycles. The molecule has 11 nitrogen and oxygen atoms in total. The lowest BCUT2D eigenvalue weighted by molar-refractivity contribution is -0.150. The van der Waals surface area contributed by atoms with Crippen molar-refractivity contribution in [3.05, 3.63) is 28.0 Å². The Bertz CT molecular complexity index is 1050. The Morgan fingerprint density at radius 3 is 2.80 bits per heavy atom. The Hall–Kier alpha value is -2.45. The van der Waals surface area contributed by atoms with Crippen molar-refractivity contribution in [1.82, 2.24) is 30.6 Å². The summed E-state index contributed by atoms with van der Waals surface area (Å²) in [6, 6.07) is -0.791. The first-order chi connectivity index (χ1) is 14.3. The maximum absolute atomic E-state index is 12.6. The summed E-state index contributed by atoms with van der Waals surface area (Å²) in [6.07, 6.45) is -0.146. The molecule has 4 rings (SSSR count). The van der Waals surface area contributed by atoms with Crippen molar-refractivity contribution < 1.29 is 24.0 Å². The maximum atomic E-state index is 12.6. The van der Waals surface area contributed by atoms with Crippen LogP contribution in [-0.4, -0.2) is 71.0 Å². The Morgan fingerprint density at radius 1 is 1.37 bits per heavy atom. The molecule has 1 saturated heterocycles. The predicted molar refractivity (Wildman–Crippen MR) is 108 cm³/mol. The second-order valence-electron chi connectivity index (χ2n) is 6.50. The van der Waals surface area contributed by atoms with Crippen LogP contribution in [0.5, 0.6) is 0 Å². The van der Waals surface area contributed by atoms with Crippen LogP contribution in [0.15, 0.2) is 20.1 Å².